The van der Waals surface area contributed by atoms with Crippen LogP contribution in [-0.4, -0.2) is 176 Å². The highest BCUT2D eigenvalue weighted by molar-refractivity contribution is 8.23. The molecule has 4 amide bonds. The van der Waals surface area contributed by atoms with Gasteiger partial charge < -0.3 is 60.4 Å². The second-order valence-electron chi connectivity index (χ2n) is 24.8. The van der Waals surface area contributed by atoms with Crippen LogP contribution in [0.4, 0.5) is 52.5 Å². The van der Waals surface area contributed by atoms with E-state index in [9.17, 15) is 38.4 Å². The summed E-state index contributed by atoms with van der Waals surface area (Å²) in [5.74, 6) is -2.79. The van der Waals surface area contributed by atoms with Gasteiger partial charge in [0, 0.05) is 87.3 Å². The van der Waals surface area contributed by atoms with Crippen molar-refractivity contribution in [2.24, 2.45) is 5.73 Å². The number of hydrogen-bond acceptors (Lipinski definition) is 22. The molecule has 4 fully saturated rings. The molecule has 560 valence electrons. The Bertz CT molecular complexity index is 3900. The van der Waals surface area contributed by atoms with Gasteiger partial charge in [0.25, 0.3) is 11.6 Å². The molecule has 105 heavy (non-hydrogen) atoms. The van der Waals surface area contributed by atoms with E-state index in [4.69, 9.17) is 49.1 Å². The number of Topliss-reactive ketones (excluding diaryl/α,β-unsaturated/α-hetero) is 2. The van der Waals surface area contributed by atoms with Crippen molar-refractivity contribution in [3.63, 3.8) is 0 Å². The third kappa shape index (κ3) is 25.9. The van der Waals surface area contributed by atoms with Crippen molar-refractivity contribution in [1.82, 2.24) is 26.0 Å². The number of amides is 4. The molecule has 0 aliphatic carbocycles. The summed E-state index contributed by atoms with van der Waals surface area (Å²) in [7, 11) is 0. The molecule has 4 saturated heterocycles. The number of esters is 2. The van der Waals surface area contributed by atoms with E-state index in [1.807, 2.05) is 136 Å². The normalized spacial score (nSPS) is 15.4. The molecule has 7 N–H and O–H groups in total. The SMILES string of the molecule is CCC(=S)NC[C@H]1CN(c2ccc(N3CCN(C(=O)CCCc4ccc(NNCC(=O)C(=O)OCc5ccccc5)cc4)CC3)c(F)c2)C(=O)O1.CCSC(=S)CC.NC[C@H]1CN(c2ccc(N3CCN(C(=O)CCCc4ccc(NNCC(=O)C(=O)OCc5ccccc5)cc4)CC3)c(F)c2)C(=O)O1. The van der Waals surface area contributed by atoms with Crippen LogP contribution in [0.25, 0.3) is 0 Å². The largest absolute Gasteiger partial charge is 0.455 e. The Balaban J connectivity index is 0.000000244. The molecule has 0 unspecified atom stereocenters. The van der Waals surface area contributed by atoms with Crippen molar-refractivity contribution < 1.29 is 66.1 Å². The fraction of sp³-hybridized carbons (Fsp3) is 0.395. The van der Waals surface area contributed by atoms with Gasteiger partial charge in [-0.3, -0.25) is 29.0 Å². The zero-order valence-electron chi connectivity index (χ0n) is 59.3. The molecule has 29 heteroatoms. The van der Waals surface area contributed by atoms with Gasteiger partial charge in [0.05, 0.1) is 60.5 Å². The van der Waals surface area contributed by atoms with Crippen molar-refractivity contribution in [2.45, 2.75) is 97.6 Å². The van der Waals surface area contributed by atoms with Crippen LogP contribution in [0.3, 0.4) is 0 Å². The first-order chi connectivity index (χ1) is 50.8. The molecule has 4 aliphatic heterocycles. The first-order valence-electron chi connectivity index (χ1n) is 35.2. The van der Waals surface area contributed by atoms with E-state index >= 15 is 8.78 Å². The van der Waals surface area contributed by atoms with Gasteiger partial charge >= 0.3 is 24.1 Å². The van der Waals surface area contributed by atoms with Gasteiger partial charge in [-0.2, -0.15) is 0 Å². The summed E-state index contributed by atoms with van der Waals surface area (Å²) < 4.78 is 52.1. The molecule has 0 bridgehead atoms. The first-order valence-corrected chi connectivity index (χ1v) is 37.0. The lowest BCUT2D eigenvalue weighted by atomic mass is 10.1. The number of ether oxygens (including phenoxy) is 4. The van der Waals surface area contributed by atoms with E-state index < -0.39 is 53.4 Å². The van der Waals surface area contributed by atoms with Crippen molar-refractivity contribution in [2.75, 3.05) is 128 Å². The Morgan fingerprint density at radius 3 is 1.33 bits per heavy atom. The number of ketones is 2. The minimum absolute atomic E-state index is 0.0378. The number of halogens is 2. The Kier molecular flexibility index (Phi) is 32.7. The van der Waals surface area contributed by atoms with Crippen molar-refractivity contribution in [3.05, 3.63) is 179 Å². The molecular formula is C76H92F2N12O12S3. The number of benzene rings is 6. The average molecular weight is 1500 g/mol. The number of carbonyl (C=O) groups is 8. The second-order valence-corrected chi connectivity index (χ2v) is 27.4. The van der Waals surface area contributed by atoms with Gasteiger partial charge in [-0.05, 0) is 127 Å². The molecule has 24 nitrogen and oxygen atoms in total. The molecular weight excluding hydrogens is 1410 g/mol. The summed E-state index contributed by atoms with van der Waals surface area (Å²) in [5, 5.41) is 3.07. The van der Waals surface area contributed by atoms with Crippen molar-refractivity contribution >= 4 is 127 Å². The summed E-state index contributed by atoms with van der Waals surface area (Å²) in [6.07, 6.45) is 3.52. The summed E-state index contributed by atoms with van der Waals surface area (Å²) in [6, 6.07) is 42.9. The van der Waals surface area contributed by atoms with Crippen LogP contribution < -0.4 is 52.4 Å². The van der Waals surface area contributed by atoms with E-state index in [0.717, 1.165) is 62.8 Å². The predicted octanol–water partition coefficient (Wildman–Crippen LogP) is 9.87. The van der Waals surface area contributed by atoms with Gasteiger partial charge in [-0.15, -0.1) is 11.8 Å². The fourth-order valence-electron chi connectivity index (χ4n) is 11.5. The maximum atomic E-state index is 15.2. The standard InChI is InChI=1S/C37H43FN6O6S.C34H39FN6O6.C5H10S2/c1-2-34(51)39-22-30-24-44(37(48)50-30)29-15-16-32(31(38)21-29)42-17-19-43(20-18-42)35(46)10-6-9-26-11-13-28(14-12-26)41-40-23-33(45)36(47)49-25-27-7-4-3-5-8-27;35-29-19-27(41-22-28(20-36)47-34(41)45)13-14-30(29)39-15-17-40(18-16-39)32(43)8-4-7-24-9-11-26(12-10-24)38-37-21-31(42)33(44)46-23-25-5-2-1-3-6-25;1-3-5(6)7-4-2/h3-5,7-8,11-16,21,30,40-41H,2,6,9-10,17-20,22-25H2,1H3,(H,39,51);1-3,5-6,9-14,19,28,37-38H,4,7-8,15-18,20-23,36H2;3-4H2,1-2H3/t30-;28-;/m00./s1. The van der Waals surface area contributed by atoms with Crippen LogP contribution in [-0.2, 0) is 73.8 Å². The Labute approximate surface area is 626 Å². The van der Waals surface area contributed by atoms with Crippen molar-refractivity contribution in [3.8, 4) is 0 Å². The van der Waals surface area contributed by atoms with Crippen molar-refractivity contribution in [1.29, 1.82) is 0 Å². The number of nitrogens with two attached hydrogens (primary N) is 1. The number of hydrogen-bond donors (Lipinski definition) is 6. The molecule has 0 aromatic heterocycles. The topological polar surface area (TPSA) is 279 Å². The number of rotatable bonds is 32. The quantitative estimate of drug-likeness (QED) is 0.00753. The molecule has 10 rings (SSSR count). The number of anilines is 6. The minimum Gasteiger partial charge on any atom is -0.455 e. The van der Waals surface area contributed by atoms with Gasteiger partial charge in [-0.25, -0.2) is 38.8 Å². The molecule has 2 atom stereocenters. The number of aryl methyl sites for hydroxylation is 2. The molecule has 4 aliphatic rings. The Hall–Kier alpha value is -9.65. The smallest absolute Gasteiger partial charge is 0.414 e. The van der Waals surface area contributed by atoms with Crippen LogP contribution in [0, 0.1) is 11.6 Å². The van der Waals surface area contributed by atoms with E-state index in [0.29, 0.717) is 125 Å². The summed E-state index contributed by atoms with van der Waals surface area (Å²) in [4.78, 5) is 109. The zero-order chi connectivity index (χ0) is 75.0. The first kappa shape index (κ1) is 81.0. The summed E-state index contributed by atoms with van der Waals surface area (Å²) in [5.41, 5.74) is 23.8. The lowest BCUT2D eigenvalue weighted by molar-refractivity contribution is -0.154. The number of thioether (sulfide) groups is 1. The number of cyclic esters (lactones) is 2. The number of hydrazine groups is 2. The lowest BCUT2D eigenvalue weighted by Gasteiger charge is -2.36. The number of carbonyl (C=O) groups excluding carboxylic acids is 8. The third-order valence-corrected chi connectivity index (χ3v) is 19.3. The second kappa shape index (κ2) is 42.3. The summed E-state index contributed by atoms with van der Waals surface area (Å²) >= 11 is 11.9. The average Bonchev–Trinajstić information content (AvgIpc) is 1.75. The lowest BCUT2D eigenvalue weighted by Crippen LogP contribution is -2.49. The molecule has 6 aromatic carbocycles. The zero-order valence-corrected chi connectivity index (χ0v) is 61.8. The van der Waals surface area contributed by atoms with E-state index in [1.165, 1.54) is 21.9 Å². The fourth-order valence-corrected chi connectivity index (χ4v) is 12.4. The highest BCUT2D eigenvalue weighted by Crippen LogP contribution is 2.31. The van der Waals surface area contributed by atoms with E-state index in [2.05, 4.69) is 40.9 Å². The van der Waals surface area contributed by atoms with Crippen LogP contribution >= 0.6 is 36.2 Å². The van der Waals surface area contributed by atoms with Crippen LogP contribution in [0.2, 0.25) is 0 Å². The third-order valence-electron chi connectivity index (χ3n) is 17.3. The monoisotopic (exact) mass is 1500 g/mol. The summed E-state index contributed by atoms with van der Waals surface area (Å²) in [6.45, 7) is 11.0. The number of piperazine rings is 2. The number of nitrogens with zero attached hydrogens (tertiary/aromatic N) is 6. The van der Waals surface area contributed by atoms with Crippen LogP contribution in [0.5, 0.6) is 0 Å². The highest BCUT2D eigenvalue weighted by atomic mass is 32.2. The minimum atomic E-state index is -0.899. The maximum absolute atomic E-state index is 15.2. The van der Waals surface area contributed by atoms with E-state index in [1.54, 1.807) is 36.0 Å². The van der Waals surface area contributed by atoms with Crippen LogP contribution in [0.1, 0.15) is 81.5 Å². The molecule has 0 saturated carbocycles. The molecule has 4 heterocycles. The predicted molar refractivity (Wildman–Crippen MR) is 411 cm³/mol. The van der Waals surface area contributed by atoms with E-state index in [-0.39, 0.29) is 57.3 Å². The molecule has 6 aromatic rings. The Morgan fingerprint density at radius 1 is 0.543 bits per heavy atom. The molecule has 0 radical (unpaired) electrons. The highest BCUT2D eigenvalue weighted by Gasteiger charge is 2.35. The van der Waals surface area contributed by atoms with Gasteiger partial charge in [0.1, 0.15) is 37.1 Å². The van der Waals surface area contributed by atoms with Gasteiger partial charge in [-0.1, -0.05) is 130 Å². The van der Waals surface area contributed by atoms with Gasteiger partial charge in [0.2, 0.25) is 11.8 Å². The number of nitrogens with one attached hydrogen (secondary N) is 5. The van der Waals surface area contributed by atoms with Crippen LogP contribution in [0.15, 0.2) is 146 Å². The van der Waals surface area contributed by atoms with Gasteiger partial charge in [0.15, 0.2) is 0 Å². The molecule has 0 spiro atoms. The Morgan fingerprint density at radius 2 is 0.962 bits per heavy atom. The number of thiocarbonyl (C=S) groups is 2. The maximum Gasteiger partial charge on any atom is 0.414 e.